The molecule has 86 valence electrons. The van der Waals surface area contributed by atoms with Crippen molar-refractivity contribution in [2.24, 2.45) is 0 Å². The topological polar surface area (TPSA) is 49.4 Å². The largest absolute Gasteiger partial charge is 0.325 e. The van der Waals surface area contributed by atoms with Gasteiger partial charge in [0.15, 0.2) is 0 Å². The standard InChI is InChI=1S/C10H17ClN2O2/c1-13(8-4-2-3-5-8)10(15)12-9(14)6-7-11/h8H,2-7H2,1H3,(H,12,14,15). The Morgan fingerprint density at radius 2 is 2.00 bits per heavy atom. The number of carbonyl (C=O) groups is 2. The van der Waals surface area contributed by atoms with E-state index in [0.717, 1.165) is 25.7 Å². The third-order valence-corrected chi connectivity index (χ3v) is 2.95. The molecule has 1 saturated carbocycles. The third-order valence-electron chi connectivity index (χ3n) is 2.76. The van der Waals surface area contributed by atoms with Crippen molar-refractivity contribution >= 4 is 23.5 Å². The number of hydrogen-bond acceptors (Lipinski definition) is 2. The molecule has 0 aliphatic heterocycles. The third kappa shape index (κ3) is 3.70. The van der Waals surface area contributed by atoms with Gasteiger partial charge >= 0.3 is 6.03 Å². The highest BCUT2D eigenvalue weighted by Crippen LogP contribution is 2.22. The Morgan fingerprint density at radius 3 is 2.53 bits per heavy atom. The van der Waals surface area contributed by atoms with Crippen LogP contribution in [0.25, 0.3) is 0 Å². The van der Waals surface area contributed by atoms with E-state index in [9.17, 15) is 9.59 Å². The summed E-state index contributed by atoms with van der Waals surface area (Å²) in [4.78, 5) is 24.3. The van der Waals surface area contributed by atoms with E-state index < -0.39 is 0 Å². The normalized spacial score (nSPS) is 16.4. The van der Waals surface area contributed by atoms with E-state index in [0.29, 0.717) is 0 Å². The average Bonchev–Trinajstić information content (AvgIpc) is 2.69. The van der Waals surface area contributed by atoms with Gasteiger partial charge in [-0.2, -0.15) is 0 Å². The molecule has 0 aromatic rings. The van der Waals surface area contributed by atoms with Crippen molar-refractivity contribution in [2.45, 2.75) is 38.1 Å². The SMILES string of the molecule is CN(C(=O)NC(=O)CCCl)C1CCCC1. The quantitative estimate of drug-likeness (QED) is 0.754. The van der Waals surface area contributed by atoms with Crippen LogP contribution in [0.3, 0.4) is 0 Å². The van der Waals surface area contributed by atoms with E-state index in [4.69, 9.17) is 11.6 Å². The maximum atomic E-state index is 11.6. The smallest absolute Gasteiger partial charge is 0.324 e. The predicted molar refractivity (Wildman–Crippen MR) is 58.9 cm³/mol. The molecule has 1 N–H and O–H groups in total. The monoisotopic (exact) mass is 232 g/mol. The Bertz CT molecular complexity index is 240. The number of halogens is 1. The van der Waals surface area contributed by atoms with Crippen molar-refractivity contribution in [3.63, 3.8) is 0 Å². The highest BCUT2D eigenvalue weighted by Gasteiger charge is 2.24. The van der Waals surface area contributed by atoms with Gasteiger partial charge in [0, 0.05) is 25.4 Å². The lowest BCUT2D eigenvalue weighted by Gasteiger charge is -2.23. The van der Waals surface area contributed by atoms with Crippen LogP contribution < -0.4 is 5.32 Å². The molecule has 0 saturated heterocycles. The Kier molecular flexibility index (Phi) is 4.88. The minimum Gasteiger partial charge on any atom is -0.325 e. The molecule has 1 rings (SSSR count). The highest BCUT2D eigenvalue weighted by molar-refractivity contribution is 6.19. The number of urea groups is 1. The zero-order valence-electron chi connectivity index (χ0n) is 8.96. The molecule has 1 aliphatic rings. The molecule has 0 spiro atoms. The molecule has 5 heteroatoms. The van der Waals surface area contributed by atoms with Gasteiger partial charge in [-0.3, -0.25) is 10.1 Å². The fourth-order valence-electron chi connectivity index (χ4n) is 1.81. The summed E-state index contributed by atoms with van der Waals surface area (Å²) < 4.78 is 0. The average molecular weight is 233 g/mol. The molecule has 0 radical (unpaired) electrons. The minimum atomic E-state index is -0.308. The van der Waals surface area contributed by atoms with Crippen LogP contribution in [0.15, 0.2) is 0 Å². The lowest BCUT2D eigenvalue weighted by molar-refractivity contribution is -0.119. The van der Waals surface area contributed by atoms with Gasteiger partial charge in [-0.15, -0.1) is 11.6 Å². The second kappa shape index (κ2) is 5.95. The Morgan fingerprint density at radius 1 is 1.40 bits per heavy atom. The fraction of sp³-hybridized carbons (Fsp3) is 0.800. The first-order chi connectivity index (χ1) is 7.15. The van der Waals surface area contributed by atoms with Gasteiger partial charge in [-0.25, -0.2) is 4.79 Å². The summed E-state index contributed by atoms with van der Waals surface area (Å²) in [6.45, 7) is 0. The number of alkyl halides is 1. The minimum absolute atomic E-state index is 0.186. The van der Waals surface area contributed by atoms with Crippen molar-refractivity contribution in [3.8, 4) is 0 Å². The number of hydrogen-bond donors (Lipinski definition) is 1. The van der Waals surface area contributed by atoms with Gasteiger partial charge in [0.25, 0.3) is 0 Å². The molecule has 4 nitrogen and oxygen atoms in total. The summed E-state index contributed by atoms with van der Waals surface area (Å²) in [6.07, 6.45) is 4.59. The van der Waals surface area contributed by atoms with Crippen LogP contribution >= 0.6 is 11.6 Å². The molecular formula is C10H17ClN2O2. The molecule has 0 aromatic carbocycles. The summed E-state index contributed by atoms with van der Waals surface area (Å²) in [5.41, 5.74) is 0. The summed E-state index contributed by atoms with van der Waals surface area (Å²) in [7, 11) is 1.74. The molecule has 0 aromatic heterocycles. The number of nitrogens with one attached hydrogen (secondary N) is 1. The Hall–Kier alpha value is -0.770. The maximum absolute atomic E-state index is 11.6. The van der Waals surface area contributed by atoms with Gasteiger partial charge in [-0.05, 0) is 12.8 Å². The van der Waals surface area contributed by atoms with Crippen molar-refractivity contribution in [3.05, 3.63) is 0 Å². The number of rotatable bonds is 3. The summed E-state index contributed by atoms with van der Waals surface area (Å²) in [6, 6.07) is -0.0224. The Balaban J connectivity index is 2.35. The van der Waals surface area contributed by atoms with E-state index in [2.05, 4.69) is 5.32 Å². The first-order valence-electron chi connectivity index (χ1n) is 5.27. The zero-order chi connectivity index (χ0) is 11.3. The molecule has 1 fully saturated rings. The Labute approximate surface area is 95.0 Å². The van der Waals surface area contributed by atoms with E-state index in [-0.39, 0.29) is 30.3 Å². The lowest BCUT2D eigenvalue weighted by atomic mass is 10.2. The molecule has 1 aliphatic carbocycles. The lowest BCUT2D eigenvalue weighted by Crippen LogP contribution is -2.44. The van der Waals surface area contributed by atoms with Gasteiger partial charge in [0.05, 0.1) is 0 Å². The van der Waals surface area contributed by atoms with Crippen molar-refractivity contribution < 1.29 is 9.59 Å². The van der Waals surface area contributed by atoms with Crippen molar-refractivity contribution in [1.82, 2.24) is 10.2 Å². The van der Waals surface area contributed by atoms with Gasteiger partial charge in [-0.1, -0.05) is 12.8 Å². The number of nitrogens with zero attached hydrogens (tertiary/aromatic N) is 1. The van der Waals surface area contributed by atoms with Gasteiger partial charge in [0.1, 0.15) is 0 Å². The second-order valence-corrected chi connectivity index (χ2v) is 4.22. The van der Waals surface area contributed by atoms with Crippen LogP contribution in [0.1, 0.15) is 32.1 Å². The van der Waals surface area contributed by atoms with Gasteiger partial charge < -0.3 is 4.90 Å². The maximum Gasteiger partial charge on any atom is 0.324 e. The van der Waals surface area contributed by atoms with Crippen LogP contribution in [-0.2, 0) is 4.79 Å². The van der Waals surface area contributed by atoms with Crippen molar-refractivity contribution in [2.75, 3.05) is 12.9 Å². The molecule has 3 amide bonds. The van der Waals surface area contributed by atoms with Crippen LogP contribution in [0.4, 0.5) is 4.79 Å². The molecule has 0 bridgehead atoms. The first kappa shape index (κ1) is 12.3. The summed E-state index contributed by atoms with van der Waals surface area (Å²) in [5, 5.41) is 2.32. The number of imide groups is 1. The summed E-state index contributed by atoms with van der Waals surface area (Å²) in [5.74, 6) is -0.0634. The number of amides is 3. The fourth-order valence-corrected chi connectivity index (χ4v) is 1.98. The van der Waals surface area contributed by atoms with Crippen LogP contribution in [0.2, 0.25) is 0 Å². The molecular weight excluding hydrogens is 216 g/mol. The summed E-state index contributed by atoms with van der Waals surface area (Å²) >= 11 is 5.40. The molecule has 15 heavy (non-hydrogen) atoms. The molecule has 0 heterocycles. The van der Waals surface area contributed by atoms with E-state index in [1.54, 1.807) is 11.9 Å². The van der Waals surface area contributed by atoms with Crippen LogP contribution in [0.5, 0.6) is 0 Å². The zero-order valence-corrected chi connectivity index (χ0v) is 9.72. The first-order valence-corrected chi connectivity index (χ1v) is 5.81. The highest BCUT2D eigenvalue weighted by atomic mass is 35.5. The van der Waals surface area contributed by atoms with E-state index in [1.807, 2.05) is 0 Å². The second-order valence-electron chi connectivity index (χ2n) is 3.84. The van der Waals surface area contributed by atoms with E-state index in [1.165, 1.54) is 0 Å². The molecule has 0 unspecified atom stereocenters. The van der Waals surface area contributed by atoms with Gasteiger partial charge in [0.2, 0.25) is 5.91 Å². The molecule has 0 atom stereocenters. The number of carbonyl (C=O) groups excluding carboxylic acids is 2. The van der Waals surface area contributed by atoms with E-state index >= 15 is 0 Å². The van der Waals surface area contributed by atoms with Crippen LogP contribution in [0, 0.1) is 0 Å². The predicted octanol–water partition coefficient (Wildman–Crippen LogP) is 1.73. The van der Waals surface area contributed by atoms with Crippen molar-refractivity contribution in [1.29, 1.82) is 0 Å². The van der Waals surface area contributed by atoms with Crippen LogP contribution in [-0.4, -0.2) is 35.8 Å².